The number of aromatic nitrogens is 1. The van der Waals surface area contributed by atoms with Crippen LogP contribution in [0, 0.1) is 13.8 Å². The number of carboxylic acid groups (broad SMARTS) is 1. The number of benzene rings is 1. The molecule has 0 aliphatic heterocycles. The van der Waals surface area contributed by atoms with Gasteiger partial charge in [0.1, 0.15) is 0 Å². The first-order chi connectivity index (χ1) is 8.08. The lowest BCUT2D eigenvalue weighted by Gasteiger charge is -2.07. The number of carbonyl (C=O) groups is 1. The SMILES string of the molecule is Cc1cncc(-c2cc(C(=O)O)ccc2C)c1. The van der Waals surface area contributed by atoms with E-state index in [2.05, 4.69) is 4.98 Å². The number of rotatable bonds is 2. The highest BCUT2D eigenvalue weighted by Crippen LogP contribution is 2.24. The van der Waals surface area contributed by atoms with Crippen LogP contribution in [-0.2, 0) is 0 Å². The highest BCUT2D eigenvalue weighted by atomic mass is 16.4. The molecule has 0 fully saturated rings. The summed E-state index contributed by atoms with van der Waals surface area (Å²) < 4.78 is 0. The Labute approximate surface area is 99.8 Å². The lowest BCUT2D eigenvalue weighted by Crippen LogP contribution is -1.97. The third-order valence-corrected chi connectivity index (χ3v) is 2.67. The van der Waals surface area contributed by atoms with E-state index in [4.69, 9.17) is 5.11 Å². The summed E-state index contributed by atoms with van der Waals surface area (Å²) in [7, 11) is 0. The molecule has 86 valence electrons. The molecule has 3 nitrogen and oxygen atoms in total. The fraction of sp³-hybridized carbons (Fsp3) is 0.143. The van der Waals surface area contributed by atoms with Crippen LogP contribution in [0.15, 0.2) is 36.7 Å². The normalized spacial score (nSPS) is 10.2. The Morgan fingerprint density at radius 2 is 1.94 bits per heavy atom. The third kappa shape index (κ3) is 2.33. The van der Waals surface area contributed by atoms with Gasteiger partial charge in [0.2, 0.25) is 0 Å². The first-order valence-electron chi connectivity index (χ1n) is 5.34. The van der Waals surface area contributed by atoms with Crippen LogP contribution in [0.5, 0.6) is 0 Å². The smallest absolute Gasteiger partial charge is 0.335 e. The van der Waals surface area contributed by atoms with Gasteiger partial charge in [-0.05, 0) is 48.7 Å². The molecule has 2 aromatic rings. The molecule has 0 saturated carbocycles. The van der Waals surface area contributed by atoms with Gasteiger partial charge in [-0.15, -0.1) is 0 Å². The number of nitrogens with zero attached hydrogens (tertiary/aromatic N) is 1. The van der Waals surface area contributed by atoms with Gasteiger partial charge in [0.15, 0.2) is 0 Å². The molecule has 1 aromatic carbocycles. The lowest BCUT2D eigenvalue weighted by atomic mass is 9.98. The molecular weight excluding hydrogens is 214 g/mol. The second-order valence-corrected chi connectivity index (χ2v) is 4.09. The van der Waals surface area contributed by atoms with E-state index in [1.807, 2.05) is 26.0 Å². The van der Waals surface area contributed by atoms with E-state index in [1.54, 1.807) is 24.5 Å². The van der Waals surface area contributed by atoms with Gasteiger partial charge in [0.25, 0.3) is 0 Å². The average molecular weight is 227 g/mol. The van der Waals surface area contributed by atoms with Crippen molar-refractivity contribution in [3.05, 3.63) is 53.3 Å². The van der Waals surface area contributed by atoms with E-state index in [0.717, 1.165) is 22.3 Å². The maximum Gasteiger partial charge on any atom is 0.335 e. The summed E-state index contributed by atoms with van der Waals surface area (Å²) >= 11 is 0. The highest BCUT2D eigenvalue weighted by molar-refractivity contribution is 5.89. The summed E-state index contributed by atoms with van der Waals surface area (Å²) in [6.45, 7) is 3.93. The summed E-state index contributed by atoms with van der Waals surface area (Å²) in [5, 5.41) is 8.99. The number of pyridine rings is 1. The topological polar surface area (TPSA) is 50.2 Å². The molecule has 0 bridgehead atoms. The first kappa shape index (κ1) is 11.3. The number of hydrogen-bond donors (Lipinski definition) is 1. The predicted molar refractivity (Wildman–Crippen MR) is 66.1 cm³/mol. The minimum Gasteiger partial charge on any atom is -0.478 e. The van der Waals surface area contributed by atoms with Crippen LogP contribution in [0.1, 0.15) is 21.5 Å². The zero-order valence-corrected chi connectivity index (χ0v) is 9.77. The maximum absolute atomic E-state index is 10.9. The number of carboxylic acids is 1. The van der Waals surface area contributed by atoms with Gasteiger partial charge in [0, 0.05) is 18.0 Å². The van der Waals surface area contributed by atoms with E-state index >= 15 is 0 Å². The molecule has 1 aromatic heterocycles. The minimum atomic E-state index is -0.910. The Balaban J connectivity index is 2.58. The molecule has 0 aliphatic carbocycles. The molecule has 0 saturated heterocycles. The van der Waals surface area contributed by atoms with Crippen LogP contribution in [0.3, 0.4) is 0 Å². The van der Waals surface area contributed by atoms with Crippen LogP contribution in [0.25, 0.3) is 11.1 Å². The Morgan fingerprint density at radius 3 is 2.59 bits per heavy atom. The van der Waals surface area contributed by atoms with E-state index in [-0.39, 0.29) is 0 Å². The third-order valence-electron chi connectivity index (χ3n) is 2.67. The standard InChI is InChI=1S/C14H13NO2/c1-9-5-12(8-15-7-9)13-6-11(14(16)17)4-3-10(13)2/h3-8H,1-2H3,(H,16,17). The molecule has 0 radical (unpaired) electrons. The average Bonchev–Trinajstić information content (AvgIpc) is 2.29. The second kappa shape index (κ2) is 4.37. The maximum atomic E-state index is 10.9. The molecule has 1 heterocycles. The zero-order valence-electron chi connectivity index (χ0n) is 9.77. The molecule has 0 amide bonds. The van der Waals surface area contributed by atoms with Crippen molar-refractivity contribution < 1.29 is 9.90 Å². The van der Waals surface area contributed by atoms with Gasteiger partial charge in [-0.2, -0.15) is 0 Å². The molecule has 0 spiro atoms. The summed E-state index contributed by atoms with van der Waals surface area (Å²) in [5.74, 6) is -0.910. The van der Waals surface area contributed by atoms with Crippen molar-refractivity contribution in [1.82, 2.24) is 4.98 Å². The van der Waals surface area contributed by atoms with E-state index in [0.29, 0.717) is 5.56 Å². The zero-order chi connectivity index (χ0) is 12.4. The van der Waals surface area contributed by atoms with Crippen molar-refractivity contribution >= 4 is 5.97 Å². The fourth-order valence-electron chi connectivity index (χ4n) is 1.77. The molecular formula is C14H13NO2. The van der Waals surface area contributed by atoms with Crippen molar-refractivity contribution in [2.75, 3.05) is 0 Å². The van der Waals surface area contributed by atoms with Crippen LogP contribution < -0.4 is 0 Å². The number of aromatic carboxylic acids is 1. The summed E-state index contributed by atoms with van der Waals surface area (Å²) in [5.41, 5.74) is 4.27. The van der Waals surface area contributed by atoms with Gasteiger partial charge < -0.3 is 5.11 Å². The van der Waals surface area contributed by atoms with Crippen LogP contribution in [-0.4, -0.2) is 16.1 Å². The molecule has 3 heteroatoms. The van der Waals surface area contributed by atoms with Gasteiger partial charge in [-0.25, -0.2) is 4.79 Å². The Morgan fingerprint density at radius 1 is 1.18 bits per heavy atom. The van der Waals surface area contributed by atoms with Crippen molar-refractivity contribution in [3.8, 4) is 11.1 Å². The molecule has 2 rings (SSSR count). The lowest BCUT2D eigenvalue weighted by molar-refractivity contribution is 0.0697. The minimum absolute atomic E-state index is 0.298. The molecule has 0 atom stereocenters. The van der Waals surface area contributed by atoms with Gasteiger partial charge in [0.05, 0.1) is 5.56 Å². The van der Waals surface area contributed by atoms with Gasteiger partial charge in [-0.3, -0.25) is 4.98 Å². The van der Waals surface area contributed by atoms with Crippen LogP contribution >= 0.6 is 0 Å². The monoisotopic (exact) mass is 227 g/mol. The van der Waals surface area contributed by atoms with Crippen molar-refractivity contribution in [2.45, 2.75) is 13.8 Å². The predicted octanol–water partition coefficient (Wildman–Crippen LogP) is 3.06. The largest absolute Gasteiger partial charge is 0.478 e. The second-order valence-electron chi connectivity index (χ2n) is 4.09. The molecule has 0 aliphatic rings. The Kier molecular flexibility index (Phi) is 2.91. The van der Waals surface area contributed by atoms with Crippen LogP contribution in [0.4, 0.5) is 0 Å². The summed E-state index contributed by atoms with van der Waals surface area (Å²) in [6, 6.07) is 7.13. The quantitative estimate of drug-likeness (QED) is 0.857. The summed E-state index contributed by atoms with van der Waals surface area (Å²) in [6.07, 6.45) is 3.53. The fourth-order valence-corrected chi connectivity index (χ4v) is 1.77. The van der Waals surface area contributed by atoms with Gasteiger partial charge >= 0.3 is 5.97 Å². The van der Waals surface area contributed by atoms with Crippen molar-refractivity contribution in [3.63, 3.8) is 0 Å². The Bertz CT molecular complexity index is 576. The first-order valence-corrected chi connectivity index (χ1v) is 5.34. The molecule has 17 heavy (non-hydrogen) atoms. The number of aryl methyl sites for hydroxylation is 2. The molecule has 0 unspecified atom stereocenters. The Hall–Kier alpha value is -2.16. The van der Waals surface area contributed by atoms with E-state index < -0.39 is 5.97 Å². The van der Waals surface area contributed by atoms with Crippen LogP contribution in [0.2, 0.25) is 0 Å². The van der Waals surface area contributed by atoms with E-state index in [1.165, 1.54) is 0 Å². The molecule has 1 N–H and O–H groups in total. The highest BCUT2D eigenvalue weighted by Gasteiger charge is 2.08. The van der Waals surface area contributed by atoms with E-state index in [9.17, 15) is 4.79 Å². The number of hydrogen-bond acceptors (Lipinski definition) is 2. The van der Waals surface area contributed by atoms with Gasteiger partial charge in [-0.1, -0.05) is 6.07 Å². The summed E-state index contributed by atoms with van der Waals surface area (Å²) in [4.78, 5) is 15.1. The van der Waals surface area contributed by atoms with Crippen molar-refractivity contribution in [2.24, 2.45) is 0 Å². The van der Waals surface area contributed by atoms with Crippen molar-refractivity contribution in [1.29, 1.82) is 0 Å².